The number of hydrogen-bond acceptors (Lipinski definition) is 4. The number of rotatable bonds is 3. The van der Waals surface area contributed by atoms with Gasteiger partial charge in [-0.05, 0) is 48.7 Å². The molecule has 0 unspecified atom stereocenters. The van der Waals surface area contributed by atoms with Crippen LogP contribution in [0.25, 0.3) is 5.65 Å². The molecule has 1 atom stereocenters. The lowest BCUT2D eigenvalue weighted by atomic mass is 9.95. The van der Waals surface area contributed by atoms with E-state index in [0.717, 1.165) is 35.6 Å². The minimum atomic E-state index is -0.114. The van der Waals surface area contributed by atoms with Crippen LogP contribution < -0.4 is 4.90 Å². The van der Waals surface area contributed by atoms with Gasteiger partial charge in [0.2, 0.25) is 0 Å². The molecule has 33 heavy (non-hydrogen) atoms. The Balaban J connectivity index is 1.29. The zero-order valence-electron chi connectivity index (χ0n) is 18.1. The lowest BCUT2D eigenvalue weighted by Gasteiger charge is -2.32. The van der Waals surface area contributed by atoms with Gasteiger partial charge < -0.3 is 9.80 Å². The van der Waals surface area contributed by atoms with Crippen LogP contribution in [0.5, 0.6) is 0 Å². The first-order valence-corrected chi connectivity index (χ1v) is 11.3. The van der Waals surface area contributed by atoms with Crippen LogP contribution in [0.15, 0.2) is 72.9 Å². The van der Waals surface area contributed by atoms with Crippen molar-refractivity contribution in [1.29, 1.82) is 0 Å². The first-order chi connectivity index (χ1) is 16.2. The summed E-state index contributed by atoms with van der Waals surface area (Å²) in [6.07, 6.45) is 3.80. The molecule has 0 saturated carbocycles. The van der Waals surface area contributed by atoms with E-state index in [0.29, 0.717) is 30.8 Å². The molecule has 2 aliphatic rings. The van der Waals surface area contributed by atoms with E-state index >= 15 is 0 Å². The van der Waals surface area contributed by atoms with Crippen LogP contribution in [-0.2, 0) is 6.54 Å². The maximum absolute atomic E-state index is 13.6. The number of anilines is 1. The van der Waals surface area contributed by atoms with E-state index in [1.807, 2.05) is 76.2 Å². The molecule has 6 rings (SSSR count). The first-order valence-electron chi connectivity index (χ1n) is 11.3. The maximum atomic E-state index is 13.6. The quantitative estimate of drug-likeness (QED) is 0.487. The highest BCUT2D eigenvalue weighted by Crippen LogP contribution is 2.32. The van der Waals surface area contributed by atoms with Crippen molar-refractivity contribution in [3.8, 4) is 0 Å². The summed E-state index contributed by atoms with van der Waals surface area (Å²) in [5.41, 5.74) is 3.56. The topological polar surface area (TPSA) is 70.8 Å². The van der Waals surface area contributed by atoms with Crippen molar-refractivity contribution in [2.24, 2.45) is 0 Å². The second kappa shape index (κ2) is 7.85. The molecule has 164 valence electrons. The number of carbonyl (C=O) groups is 2. The number of pyridine rings is 1. The summed E-state index contributed by atoms with van der Waals surface area (Å²) in [6, 6.07) is 21.0. The summed E-state index contributed by atoms with van der Waals surface area (Å²) >= 11 is 0. The van der Waals surface area contributed by atoms with E-state index < -0.39 is 0 Å². The van der Waals surface area contributed by atoms with Crippen molar-refractivity contribution >= 4 is 23.1 Å². The predicted octanol–water partition coefficient (Wildman–Crippen LogP) is 3.91. The summed E-state index contributed by atoms with van der Waals surface area (Å²) in [5, 5.41) is 8.69. The first kappa shape index (κ1) is 19.7. The zero-order valence-corrected chi connectivity index (χ0v) is 18.1. The van der Waals surface area contributed by atoms with E-state index in [1.165, 1.54) is 0 Å². The van der Waals surface area contributed by atoms with E-state index in [1.54, 1.807) is 11.0 Å². The van der Waals surface area contributed by atoms with E-state index in [4.69, 9.17) is 0 Å². The second-order valence-corrected chi connectivity index (χ2v) is 8.64. The van der Waals surface area contributed by atoms with Gasteiger partial charge in [-0.1, -0.05) is 36.4 Å². The fourth-order valence-corrected chi connectivity index (χ4v) is 5.04. The number of nitrogens with zero attached hydrogens (tertiary/aromatic N) is 5. The van der Waals surface area contributed by atoms with Crippen LogP contribution in [0.1, 0.15) is 50.9 Å². The van der Waals surface area contributed by atoms with Gasteiger partial charge >= 0.3 is 0 Å². The number of aromatic nitrogens is 3. The van der Waals surface area contributed by atoms with Gasteiger partial charge in [-0.15, -0.1) is 10.2 Å². The average Bonchev–Trinajstić information content (AvgIpc) is 3.46. The van der Waals surface area contributed by atoms with Crippen molar-refractivity contribution < 1.29 is 9.59 Å². The van der Waals surface area contributed by atoms with E-state index in [9.17, 15) is 9.59 Å². The van der Waals surface area contributed by atoms with Crippen LogP contribution in [0.2, 0.25) is 0 Å². The minimum absolute atomic E-state index is 0.0892. The van der Waals surface area contributed by atoms with Crippen molar-refractivity contribution in [3.63, 3.8) is 0 Å². The van der Waals surface area contributed by atoms with Gasteiger partial charge in [0.1, 0.15) is 5.82 Å². The molecule has 2 aliphatic heterocycles. The van der Waals surface area contributed by atoms with Crippen molar-refractivity contribution in [3.05, 3.63) is 95.4 Å². The number of hydrogen-bond donors (Lipinski definition) is 0. The molecule has 4 heterocycles. The lowest BCUT2D eigenvalue weighted by molar-refractivity contribution is 0.0700. The standard InChI is InChI=1S/C26H23N5O2/c32-25(29-14-7-9-19(16-29)24-28-27-22-13-4-5-15-30(22)24)21-12-6-8-18-17-31(26(33)23(18)21)20-10-2-1-3-11-20/h1-6,8,10-13,15,19H,7,9,14,16-17H2/t19-/m0/s1. The minimum Gasteiger partial charge on any atom is -0.338 e. The smallest absolute Gasteiger partial charge is 0.259 e. The summed E-state index contributed by atoms with van der Waals surface area (Å²) in [5.74, 6) is 0.784. The summed E-state index contributed by atoms with van der Waals surface area (Å²) in [7, 11) is 0. The third-order valence-corrected chi connectivity index (χ3v) is 6.65. The van der Waals surface area contributed by atoms with Gasteiger partial charge in [-0.25, -0.2) is 0 Å². The molecule has 0 radical (unpaired) electrons. The molecule has 7 nitrogen and oxygen atoms in total. The van der Waals surface area contributed by atoms with Gasteiger partial charge in [0.25, 0.3) is 11.8 Å². The van der Waals surface area contributed by atoms with E-state index in [-0.39, 0.29) is 17.7 Å². The highest BCUT2D eigenvalue weighted by Gasteiger charge is 2.35. The fraction of sp³-hybridized carbons (Fsp3) is 0.231. The number of fused-ring (bicyclic) bond motifs is 2. The highest BCUT2D eigenvalue weighted by atomic mass is 16.2. The van der Waals surface area contributed by atoms with Gasteiger partial charge in [0.05, 0.1) is 17.7 Å². The molecule has 1 saturated heterocycles. The molecule has 0 spiro atoms. The third kappa shape index (κ3) is 3.28. The summed E-state index contributed by atoms with van der Waals surface area (Å²) < 4.78 is 2.00. The summed E-state index contributed by atoms with van der Waals surface area (Å²) in [6.45, 7) is 1.72. The second-order valence-electron chi connectivity index (χ2n) is 8.64. The molecule has 0 aliphatic carbocycles. The van der Waals surface area contributed by atoms with Crippen LogP contribution in [0.3, 0.4) is 0 Å². The number of amides is 2. The van der Waals surface area contributed by atoms with Crippen LogP contribution in [-0.4, -0.2) is 44.4 Å². The molecule has 0 N–H and O–H groups in total. The molecular formula is C26H23N5O2. The molecular weight excluding hydrogens is 414 g/mol. The Morgan fingerprint density at radius 2 is 1.79 bits per heavy atom. The maximum Gasteiger partial charge on any atom is 0.259 e. The van der Waals surface area contributed by atoms with Crippen molar-refractivity contribution in [2.45, 2.75) is 25.3 Å². The molecule has 7 heteroatoms. The Morgan fingerprint density at radius 1 is 0.939 bits per heavy atom. The Kier molecular flexibility index (Phi) is 4.68. The predicted molar refractivity (Wildman–Crippen MR) is 124 cm³/mol. The molecule has 4 aromatic rings. The number of benzene rings is 2. The molecule has 0 bridgehead atoms. The Bertz CT molecular complexity index is 1360. The Hall–Kier alpha value is -4.00. The fourth-order valence-electron chi connectivity index (χ4n) is 5.04. The highest BCUT2D eigenvalue weighted by molar-refractivity contribution is 6.16. The van der Waals surface area contributed by atoms with Gasteiger partial charge in [-0.3, -0.25) is 14.0 Å². The van der Waals surface area contributed by atoms with Crippen molar-refractivity contribution in [1.82, 2.24) is 19.5 Å². The normalized spacial score (nSPS) is 18.1. The van der Waals surface area contributed by atoms with Crippen molar-refractivity contribution in [2.75, 3.05) is 18.0 Å². The largest absolute Gasteiger partial charge is 0.338 e. The van der Waals surface area contributed by atoms with Gasteiger partial charge in [-0.2, -0.15) is 0 Å². The van der Waals surface area contributed by atoms with Crippen LogP contribution in [0, 0.1) is 0 Å². The lowest BCUT2D eigenvalue weighted by Crippen LogP contribution is -2.40. The summed E-state index contributed by atoms with van der Waals surface area (Å²) in [4.78, 5) is 30.6. The Labute approximate surface area is 191 Å². The molecule has 2 aromatic carbocycles. The molecule has 2 amide bonds. The number of carbonyl (C=O) groups excluding carboxylic acids is 2. The van der Waals surface area contributed by atoms with Crippen LogP contribution in [0.4, 0.5) is 5.69 Å². The number of piperidine rings is 1. The number of para-hydroxylation sites is 1. The molecule has 2 aromatic heterocycles. The SMILES string of the molecule is O=C(c1cccc2c1C(=O)N(c1ccccc1)C2)N1CCC[C@H](c2nnc3ccccn23)C1. The van der Waals surface area contributed by atoms with E-state index in [2.05, 4.69) is 10.2 Å². The third-order valence-electron chi connectivity index (χ3n) is 6.65. The monoisotopic (exact) mass is 437 g/mol. The van der Waals surface area contributed by atoms with Gasteiger partial charge in [0, 0.05) is 30.9 Å². The van der Waals surface area contributed by atoms with Gasteiger partial charge in [0.15, 0.2) is 5.65 Å². The average molecular weight is 438 g/mol. The molecule has 1 fully saturated rings. The number of likely N-dealkylation sites (tertiary alicyclic amines) is 1. The Morgan fingerprint density at radius 3 is 2.67 bits per heavy atom. The van der Waals surface area contributed by atoms with Crippen LogP contribution >= 0.6 is 0 Å². The zero-order chi connectivity index (χ0) is 22.4.